The van der Waals surface area contributed by atoms with Crippen LogP contribution in [0.5, 0.6) is 0 Å². The molecule has 0 radical (unpaired) electrons. The minimum absolute atomic E-state index is 0.0130. The molecular formula is C13H24N2O2. The molecule has 0 aromatic rings. The first kappa shape index (κ1) is 12.7. The van der Waals surface area contributed by atoms with E-state index in [2.05, 4.69) is 11.8 Å². The van der Waals surface area contributed by atoms with Gasteiger partial charge in [0.15, 0.2) is 0 Å². The first-order chi connectivity index (χ1) is 8.04. The van der Waals surface area contributed by atoms with E-state index >= 15 is 0 Å². The van der Waals surface area contributed by atoms with Crippen LogP contribution in [0.3, 0.4) is 0 Å². The lowest BCUT2D eigenvalue weighted by Crippen LogP contribution is -2.62. The summed E-state index contributed by atoms with van der Waals surface area (Å²) < 4.78 is 5.21. The van der Waals surface area contributed by atoms with Crippen LogP contribution >= 0.6 is 0 Å². The number of amides is 1. The van der Waals surface area contributed by atoms with Crippen molar-refractivity contribution in [2.75, 3.05) is 32.7 Å². The topological polar surface area (TPSA) is 32.8 Å². The molecule has 0 aromatic heterocycles. The van der Waals surface area contributed by atoms with Gasteiger partial charge in [0.2, 0.25) is 0 Å². The van der Waals surface area contributed by atoms with Gasteiger partial charge in [-0.15, -0.1) is 0 Å². The van der Waals surface area contributed by atoms with Crippen molar-refractivity contribution in [3.8, 4) is 0 Å². The Morgan fingerprint density at radius 3 is 2.35 bits per heavy atom. The Hall–Kier alpha value is -0.770. The lowest BCUT2D eigenvalue weighted by molar-refractivity contribution is -0.0458. The fourth-order valence-corrected chi connectivity index (χ4v) is 2.83. The maximum atomic E-state index is 11.7. The summed E-state index contributed by atoms with van der Waals surface area (Å²) in [6.07, 6.45) is 2.31. The highest BCUT2D eigenvalue weighted by Gasteiger charge is 2.47. The second kappa shape index (κ2) is 4.84. The summed E-state index contributed by atoms with van der Waals surface area (Å²) in [5.74, 6) is 0. The molecule has 0 aromatic carbocycles. The number of hydrogen-bond donors (Lipinski definition) is 0. The van der Waals surface area contributed by atoms with E-state index in [1.165, 1.54) is 25.9 Å². The van der Waals surface area contributed by atoms with Crippen LogP contribution in [0.2, 0.25) is 0 Å². The van der Waals surface area contributed by atoms with E-state index in [4.69, 9.17) is 4.74 Å². The molecule has 2 heterocycles. The molecule has 2 saturated heterocycles. The van der Waals surface area contributed by atoms with Gasteiger partial charge in [0.05, 0.1) is 6.10 Å². The summed E-state index contributed by atoms with van der Waals surface area (Å²) >= 11 is 0. The molecule has 0 atom stereocenters. The molecule has 4 nitrogen and oxygen atoms in total. The second-order valence-corrected chi connectivity index (χ2v) is 5.72. The summed E-state index contributed by atoms with van der Waals surface area (Å²) in [4.78, 5) is 16.0. The van der Waals surface area contributed by atoms with Crippen molar-refractivity contribution in [3.63, 3.8) is 0 Å². The summed E-state index contributed by atoms with van der Waals surface area (Å²) in [6, 6.07) is 0. The average Bonchev–Trinajstić information content (AvgIpc) is 2.25. The van der Waals surface area contributed by atoms with Crippen LogP contribution < -0.4 is 0 Å². The van der Waals surface area contributed by atoms with E-state index in [1.807, 2.05) is 18.7 Å². The quantitative estimate of drug-likeness (QED) is 0.739. The van der Waals surface area contributed by atoms with Gasteiger partial charge in [-0.2, -0.15) is 0 Å². The predicted octanol–water partition coefficient (Wildman–Crippen LogP) is 1.95. The molecule has 0 bridgehead atoms. The number of ether oxygens (including phenoxy) is 1. The summed E-state index contributed by atoms with van der Waals surface area (Å²) in [6.45, 7) is 11.3. The zero-order valence-corrected chi connectivity index (χ0v) is 11.2. The van der Waals surface area contributed by atoms with Crippen molar-refractivity contribution in [2.24, 2.45) is 5.41 Å². The van der Waals surface area contributed by atoms with Gasteiger partial charge in [0.1, 0.15) is 0 Å². The van der Waals surface area contributed by atoms with E-state index < -0.39 is 0 Å². The SMILES string of the molecule is CCN1CCC2(CC1)CN(C(=O)OC(C)C)C2. The van der Waals surface area contributed by atoms with Gasteiger partial charge in [0, 0.05) is 18.5 Å². The van der Waals surface area contributed by atoms with Crippen LogP contribution in [0.25, 0.3) is 0 Å². The highest BCUT2D eigenvalue weighted by molar-refractivity contribution is 5.69. The van der Waals surface area contributed by atoms with Crippen molar-refractivity contribution >= 4 is 6.09 Å². The molecule has 1 amide bonds. The van der Waals surface area contributed by atoms with Gasteiger partial charge < -0.3 is 14.5 Å². The minimum Gasteiger partial charge on any atom is -0.447 e. The first-order valence-corrected chi connectivity index (χ1v) is 6.72. The Balaban J connectivity index is 1.76. The molecule has 4 heteroatoms. The lowest BCUT2D eigenvalue weighted by Gasteiger charge is -2.53. The predicted molar refractivity (Wildman–Crippen MR) is 67.0 cm³/mol. The van der Waals surface area contributed by atoms with E-state index in [1.54, 1.807) is 0 Å². The van der Waals surface area contributed by atoms with Gasteiger partial charge in [-0.25, -0.2) is 4.79 Å². The highest BCUT2D eigenvalue weighted by atomic mass is 16.6. The van der Waals surface area contributed by atoms with Crippen molar-refractivity contribution in [3.05, 3.63) is 0 Å². The fraction of sp³-hybridized carbons (Fsp3) is 0.923. The smallest absolute Gasteiger partial charge is 0.410 e. The van der Waals surface area contributed by atoms with Crippen LogP contribution in [-0.4, -0.2) is 54.7 Å². The van der Waals surface area contributed by atoms with Crippen molar-refractivity contribution in [1.82, 2.24) is 9.80 Å². The van der Waals surface area contributed by atoms with Gasteiger partial charge in [-0.05, 0) is 46.3 Å². The molecule has 0 aliphatic carbocycles. The van der Waals surface area contributed by atoms with E-state index in [0.29, 0.717) is 5.41 Å². The van der Waals surface area contributed by atoms with Crippen LogP contribution in [0, 0.1) is 5.41 Å². The fourth-order valence-electron chi connectivity index (χ4n) is 2.83. The maximum absolute atomic E-state index is 11.7. The van der Waals surface area contributed by atoms with Gasteiger partial charge in [-0.3, -0.25) is 0 Å². The third-order valence-corrected chi connectivity index (χ3v) is 4.01. The molecule has 2 aliphatic rings. The van der Waals surface area contributed by atoms with Gasteiger partial charge >= 0.3 is 6.09 Å². The van der Waals surface area contributed by atoms with Crippen LogP contribution in [0.15, 0.2) is 0 Å². The maximum Gasteiger partial charge on any atom is 0.410 e. The number of piperidine rings is 1. The standard InChI is InChI=1S/C13H24N2O2/c1-4-14-7-5-13(6-8-14)9-15(10-13)12(16)17-11(2)3/h11H,4-10H2,1-3H3. The summed E-state index contributed by atoms with van der Waals surface area (Å²) in [5.41, 5.74) is 0.404. The Morgan fingerprint density at radius 2 is 1.88 bits per heavy atom. The number of likely N-dealkylation sites (tertiary alicyclic amines) is 2. The van der Waals surface area contributed by atoms with E-state index in [9.17, 15) is 4.79 Å². The highest BCUT2D eigenvalue weighted by Crippen LogP contribution is 2.40. The van der Waals surface area contributed by atoms with Crippen molar-refractivity contribution in [2.45, 2.75) is 39.7 Å². The lowest BCUT2D eigenvalue weighted by atomic mass is 9.72. The Labute approximate surface area is 104 Å². The van der Waals surface area contributed by atoms with Crippen LogP contribution in [0.1, 0.15) is 33.6 Å². The molecule has 17 heavy (non-hydrogen) atoms. The first-order valence-electron chi connectivity index (χ1n) is 6.72. The molecule has 0 unspecified atom stereocenters. The molecule has 2 fully saturated rings. The normalized spacial score (nSPS) is 23.9. The Morgan fingerprint density at radius 1 is 1.29 bits per heavy atom. The molecule has 98 valence electrons. The molecule has 1 spiro atoms. The zero-order valence-electron chi connectivity index (χ0n) is 11.2. The van der Waals surface area contributed by atoms with Gasteiger partial charge in [0.25, 0.3) is 0 Å². The third kappa shape index (κ3) is 2.73. The average molecular weight is 240 g/mol. The summed E-state index contributed by atoms with van der Waals surface area (Å²) in [5, 5.41) is 0. The molecular weight excluding hydrogens is 216 g/mol. The number of nitrogens with zero attached hydrogens (tertiary/aromatic N) is 2. The number of carbonyl (C=O) groups is 1. The molecule has 2 aliphatic heterocycles. The second-order valence-electron chi connectivity index (χ2n) is 5.72. The number of carbonyl (C=O) groups excluding carboxylic acids is 1. The summed E-state index contributed by atoms with van der Waals surface area (Å²) in [7, 11) is 0. The van der Waals surface area contributed by atoms with Gasteiger partial charge in [-0.1, -0.05) is 6.92 Å². The largest absolute Gasteiger partial charge is 0.447 e. The third-order valence-electron chi connectivity index (χ3n) is 4.01. The van der Waals surface area contributed by atoms with E-state index in [-0.39, 0.29) is 12.2 Å². The van der Waals surface area contributed by atoms with Crippen molar-refractivity contribution in [1.29, 1.82) is 0 Å². The monoisotopic (exact) mass is 240 g/mol. The number of hydrogen-bond acceptors (Lipinski definition) is 3. The van der Waals surface area contributed by atoms with E-state index in [0.717, 1.165) is 19.6 Å². The van der Waals surface area contributed by atoms with Crippen molar-refractivity contribution < 1.29 is 9.53 Å². The zero-order chi connectivity index (χ0) is 12.5. The molecule has 0 N–H and O–H groups in total. The molecule has 0 saturated carbocycles. The number of rotatable bonds is 2. The molecule has 2 rings (SSSR count). The van der Waals surface area contributed by atoms with Crippen LogP contribution in [-0.2, 0) is 4.74 Å². The Kier molecular flexibility index (Phi) is 3.61. The minimum atomic E-state index is -0.136. The van der Waals surface area contributed by atoms with Crippen LogP contribution in [0.4, 0.5) is 4.79 Å². The Bertz CT molecular complexity index is 275.